The molecule has 0 radical (unpaired) electrons. The molecule has 2 fully saturated rings. The molecule has 0 aromatic heterocycles. The predicted octanol–water partition coefficient (Wildman–Crippen LogP) is -0.0902. The van der Waals surface area contributed by atoms with Crippen molar-refractivity contribution in [1.82, 2.24) is 5.32 Å². The molecule has 3 heteroatoms. The topological polar surface area (TPSA) is 38.3 Å². The second-order valence-electron chi connectivity index (χ2n) is 3.12. The number of rotatable bonds is 2. The van der Waals surface area contributed by atoms with Crippen molar-refractivity contribution in [3.05, 3.63) is 0 Å². The number of hydrogen-bond donors (Lipinski definition) is 1. The van der Waals surface area contributed by atoms with Gasteiger partial charge in [-0.15, -0.1) is 0 Å². The second-order valence-corrected chi connectivity index (χ2v) is 3.12. The van der Waals surface area contributed by atoms with Crippen molar-refractivity contribution in [1.29, 1.82) is 0 Å². The molecule has 10 heavy (non-hydrogen) atoms. The van der Waals surface area contributed by atoms with Gasteiger partial charge in [0.25, 0.3) is 6.47 Å². The minimum atomic E-state index is 0.163. The molecule has 56 valence electrons. The van der Waals surface area contributed by atoms with Crippen molar-refractivity contribution in [3.63, 3.8) is 0 Å². The highest BCUT2D eigenvalue weighted by atomic mass is 16.5. The third-order valence-electron chi connectivity index (χ3n) is 2.50. The molecule has 1 heterocycles. The third-order valence-corrected chi connectivity index (χ3v) is 2.50. The van der Waals surface area contributed by atoms with Crippen LogP contribution in [0.4, 0.5) is 0 Å². The lowest BCUT2D eigenvalue weighted by Gasteiger charge is -2.20. The Labute approximate surface area is 59.7 Å². The number of carbonyl (C=O) groups excluding carboxylic acids is 1. The lowest BCUT2D eigenvalue weighted by molar-refractivity contribution is -0.134. The van der Waals surface area contributed by atoms with E-state index in [4.69, 9.17) is 4.74 Å². The van der Waals surface area contributed by atoms with E-state index in [1.165, 1.54) is 6.42 Å². The fourth-order valence-corrected chi connectivity index (χ4v) is 2.02. The van der Waals surface area contributed by atoms with Gasteiger partial charge in [-0.3, -0.25) is 4.79 Å². The Balaban J connectivity index is 1.95. The van der Waals surface area contributed by atoms with E-state index in [-0.39, 0.29) is 6.10 Å². The normalized spacial score (nSPS) is 43.8. The summed E-state index contributed by atoms with van der Waals surface area (Å²) >= 11 is 0. The lowest BCUT2D eigenvalue weighted by atomic mass is 10.1. The second kappa shape index (κ2) is 2.23. The average Bonchev–Trinajstić information content (AvgIpc) is 2.48. The van der Waals surface area contributed by atoms with Crippen LogP contribution < -0.4 is 5.32 Å². The Morgan fingerprint density at radius 1 is 1.50 bits per heavy atom. The summed E-state index contributed by atoms with van der Waals surface area (Å²) in [6.07, 6.45) is 2.42. The molecular weight excluding hydrogens is 130 g/mol. The summed E-state index contributed by atoms with van der Waals surface area (Å²) in [5, 5.41) is 3.31. The number of carbonyl (C=O) groups is 1. The Bertz CT molecular complexity index is 149. The highest BCUT2D eigenvalue weighted by Crippen LogP contribution is 2.32. The van der Waals surface area contributed by atoms with Crippen LogP contribution in [0.5, 0.6) is 0 Å². The summed E-state index contributed by atoms with van der Waals surface area (Å²) in [4.78, 5) is 9.99. The van der Waals surface area contributed by atoms with E-state index in [0.717, 1.165) is 18.9 Å². The fraction of sp³-hybridized carbons (Fsp3) is 0.857. The summed E-state index contributed by atoms with van der Waals surface area (Å²) in [6, 6.07) is 0.454. The number of hydrogen-bond acceptors (Lipinski definition) is 3. The third kappa shape index (κ3) is 0.814. The zero-order valence-electron chi connectivity index (χ0n) is 5.75. The molecule has 1 N–H and O–H groups in total. The van der Waals surface area contributed by atoms with E-state index >= 15 is 0 Å². The van der Waals surface area contributed by atoms with Crippen LogP contribution in [-0.4, -0.2) is 25.2 Å². The first kappa shape index (κ1) is 6.16. The van der Waals surface area contributed by atoms with Crippen LogP contribution in [0.25, 0.3) is 0 Å². The van der Waals surface area contributed by atoms with Gasteiger partial charge in [-0.1, -0.05) is 0 Å². The van der Waals surface area contributed by atoms with Crippen molar-refractivity contribution < 1.29 is 9.53 Å². The Kier molecular flexibility index (Phi) is 1.38. The molecule has 0 aromatic rings. The summed E-state index contributed by atoms with van der Waals surface area (Å²) < 4.78 is 4.89. The maximum absolute atomic E-state index is 9.99. The summed E-state index contributed by atoms with van der Waals surface area (Å²) in [5.74, 6) is 0.759. The fourth-order valence-electron chi connectivity index (χ4n) is 2.02. The van der Waals surface area contributed by atoms with E-state index in [2.05, 4.69) is 5.32 Å². The molecule has 3 unspecified atom stereocenters. The van der Waals surface area contributed by atoms with Crippen molar-refractivity contribution >= 4 is 6.47 Å². The molecule has 2 bridgehead atoms. The maximum Gasteiger partial charge on any atom is 0.293 e. The highest BCUT2D eigenvalue weighted by Gasteiger charge is 2.40. The largest absolute Gasteiger partial charge is 0.463 e. The molecule has 1 saturated heterocycles. The van der Waals surface area contributed by atoms with Gasteiger partial charge in [0.15, 0.2) is 0 Å². The minimum absolute atomic E-state index is 0.163. The zero-order valence-corrected chi connectivity index (χ0v) is 5.75. The van der Waals surface area contributed by atoms with E-state index in [0.29, 0.717) is 12.5 Å². The SMILES string of the molecule is O=COC1CC2CNC1C2. The molecule has 0 aromatic carbocycles. The maximum atomic E-state index is 9.99. The Morgan fingerprint density at radius 3 is 2.90 bits per heavy atom. The molecule has 2 rings (SSSR count). The minimum Gasteiger partial charge on any atom is -0.463 e. The smallest absolute Gasteiger partial charge is 0.293 e. The Morgan fingerprint density at radius 2 is 2.40 bits per heavy atom. The van der Waals surface area contributed by atoms with Crippen LogP contribution in [0.15, 0.2) is 0 Å². The van der Waals surface area contributed by atoms with Crippen molar-refractivity contribution in [2.24, 2.45) is 5.92 Å². The Hall–Kier alpha value is -0.570. The van der Waals surface area contributed by atoms with Gasteiger partial charge >= 0.3 is 0 Å². The molecule has 2 aliphatic rings. The van der Waals surface area contributed by atoms with Crippen LogP contribution in [0.1, 0.15) is 12.8 Å². The van der Waals surface area contributed by atoms with Crippen LogP contribution in [0.2, 0.25) is 0 Å². The van der Waals surface area contributed by atoms with Gasteiger partial charge in [0.05, 0.1) is 0 Å². The van der Waals surface area contributed by atoms with Gasteiger partial charge in [-0.2, -0.15) is 0 Å². The molecule has 1 aliphatic carbocycles. The molecule has 0 amide bonds. The lowest BCUT2D eigenvalue weighted by Crippen LogP contribution is -2.38. The molecule has 1 aliphatic heterocycles. The first-order chi connectivity index (χ1) is 4.90. The molecular formula is C7H11NO2. The standard InChI is InChI=1S/C7H11NO2/c9-4-10-7-2-5-1-6(7)8-3-5/h4-8H,1-3H2. The summed E-state index contributed by atoms with van der Waals surface area (Å²) in [7, 11) is 0. The predicted molar refractivity (Wildman–Crippen MR) is 35.5 cm³/mol. The van der Waals surface area contributed by atoms with Gasteiger partial charge in [0, 0.05) is 6.04 Å². The van der Waals surface area contributed by atoms with E-state index < -0.39 is 0 Å². The first-order valence-electron chi connectivity index (χ1n) is 3.72. The van der Waals surface area contributed by atoms with Crippen LogP contribution in [0, 0.1) is 5.92 Å². The van der Waals surface area contributed by atoms with Crippen molar-refractivity contribution in [2.45, 2.75) is 25.0 Å². The quantitative estimate of drug-likeness (QED) is 0.546. The van der Waals surface area contributed by atoms with E-state index in [1.54, 1.807) is 0 Å². The van der Waals surface area contributed by atoms with Gasteiger partial charge < -0.3 is 10.1 Å². The summed E-state index contributed by atoms with van der Waals surface area (Å²) in [6.45, 7) is 1.68. The number of nitrogens with one attached hydrogen (secondary N) is 1. The molecule has 3 atom stereocenters. The van der Waals surface area contributed by atoms with Crippen molar-refractivity contribution in [2.75, 3.05) is 6.54 Å². The van der Waals surface area contributed by atoms with Gasteiger partial charge in [-0.05, 0) is 25.3 Å². The number of ether oxygens (including phenoxy) is 1. The number of piperidine rings is 1. The monoisotopic (exact) mass is 141 g/mol. The first-order valence-corrected chi connectivity index (χ1v) is 3.72. The zero-order chi connectivity index (χ0) is 6.97. The van der Waals surface area contributed by atoms with Gasteiger partial charge in [-0.25, -0.2) is 0 Å². The molecule has 3 nitrogen and oxygen atoms in total. The van der Waals surface area contributed by atoms with Crippen LogP contribution in [0.3, 0.4) is 0 Å². The van der Waals surface area contributed by atoms with E-state index in [1.807, 2.05) is 0 Å². The summed E-state index contributed by atoms with van der Waals surface area (Å²) in [5.41, 5.74) is 0. The molecule has 1 saturated carbocycles. The van der Waals surface area contributed by atoms with Crippen LogP contribution >= 0.6 is 0 Å². The van der Waals surface area contributed by atoms with E-state index in [9.17, 15) is 4.79 Å². The highest BCUT2D eigenvalue weighted by molar-refractivity contribution is 5.38. The average molecular weight is 141 g/mol. The van der Waals surface area contributed by atoms with Gasteiger partial charge in [0.1, 0.15) is 6.10 Å². The van der Waals surface area contributed by atoms with Gasteiger partial charge in [0.2, 0.25) is 0 Å². The molecule has 0 spiro atoms. The number of fused-ring (bicyclic) bond motifs is 2. The van der Waals surface area contributed by atoms with Crippen molar-refractivity contribution in [3.8, 4) is 0 Å². The van der Waals surface area contributed by atoms with Crippen LogP contribution in [-0.2, 0) is 9.53 Å².